The molecule has 0 spiro atoms. The first-order chi connectivity index (χ1) is 9.93. The number of aryl methyl sites for hydroxylation is 3. The zero-order valence-electron chi connectivity index (χ0n) is 12.3. The molecule has 112 valence electrons. The van der Waals surface area contributed by atoms with Gasteiger partial charge in [-0.15, -0.1) is 0 Å². The maximum Gasteiger partial charge on any atom is 0.255 e. The second kappa shape index (κ2) is 5.87. The number of nitrogens with one attached hydrogen (secondary N) is 1. The number of phenolic OH excluding ortho intramolecular Hbond substituents is 2. The third-order valence-electron chi connectivity index (χ3n) is 3.36. The molecule has 21 heavy (non-hydrogen) atoms. The number of aromatic nitrogens is 2. The molecule has 0 saturated heterocycles. The molecule has 1 aromatic carbocycles. The molecule has 0 aliphatic rings. The van der Waals surface area contributed by atoms with Crippen molar-refractivity contribution >= 4 is 5.91 Å². The summed E-state index contributed by atoms with van der Waals surface area (Å²) < 4.78 is 1.70. The van der Waals surface area contributed by atoms with Crippen LogP contribution in [0, 0.1) is 6.92 Å². The fourth-order valence-corrected chi connectivity index (χ4v) is 2.16. The van der Waals surface area contributed by atoms with E-state index < -0.39 is 11.7 Å². The van der Waals surface area contributed by atoms with Crippen LogP contribution >= 0.6 is 0 Å². The lowest BCUT2D eigenvalue weighted by Crippen LogP contribution is -2.23. The number of rotatable bonds is 4. The minimum Gasteiger partial charge on any atom is -0.504 e. The molecular weight excluding hydrogens is 270 g/mol. The number of carbonyl (C=O) groups is 1. The van der Waals surface area contributed by atoms with Gasteiger partial charge in [0, 0.05) is 25.4 Å². The van der Waals surface area contributed by atoms with Gasteiger partial charge in [-0.2, -0.15) is 5.10 Å². The van der Waals surface area contributed by atoms with E-state index in [-0.39, 0.29) is 11.3 Å². The van der Waals surface area contributed by atoms with Crippen molar-refractivity contribution in [2.45, 2.75) is 26.8 Å². The topological polar surface area (TPSA) is 87.4 Å². The summed E-state index contributed by atoms with van der Waals surface area (Å²) in [4.78, 5) is 12.1. The molecule has 0 atom stereocenters. The van der Waals surface area contributed by atoms with Crippen molar-refractivity contribution in [2.24, 2.45) is 7.05 Å². The van der Waals surface area contributed by atoms with E-state index in [2.05, 4.69) is 10.4 Å². The molecule has 0 unspecified atom stereocenters. The number of carbonyl (C=O) groups excluding carboxylic acids is 1. The van der Waals surface area contributed by atoms with Crippen LogP contribution in [-0.2, 0) is 20.0 Å². The minimum atomic E-state index is -0.436. The Bertz CT molecular complexity index is 677. The van der Waals surface area contributed by atoms with Crippen LogP contribution < -0.4 is 5.32 Å². The van der Waals surface area contributed by atoms with Crippen LogP contribution in [0.25, 0.3) is 0 Å². The second-order valence-electron chi connectivity index (χ2n) is 4.94. The molecule has 6 nitrogen and oxygen atoms in total. The van der Waals surface area contributed by atoms with Crippen molar-refractivity contribution in [3.63, 3.8) is 0 Å². The van der Waals surface area contributed by atoms with E-state index in [0.29, 0.717) is 12.1 Å². The number of hydrogen-bond donors (Lipinski definition) is 3. The Morgan fingerprint density at radius 2 is 2.05 bits per heavy atom. The molecular formula is C15H19N3O3. The Morgan fingerprint density at radius 1 is 1.33 bits per heavy atom. The first-order valence-corrected chi connectivity index (χ1v) is 6.75. The number of nitrogens with zero attached hydrogens (tertiary/aromatic N) is 2. The van der Waals surface area contributed by atoms with E-state index in [0.717, 1.165) is 17.7 Å². The van der Waals surface area contributed by atoms with Crippen LogP contribution in [0.5, 0.6) is 11.5 Å². The van der Waals surface area contributed by atoms with Crippen LogP contribution in [0.4, 0.5) is 0 Å². The van der Waals surface area contributed by atoms with E-state index in [1.54, 1.807) is 17.7 Å². The molecule has 2 rings (SSSR count). The van der Waals surface area contributed by atoms with Crippen molar-refractivity contribution in [3.8, 4) is 11.5 Å². The van der Waals surface area contributed by atoms with Crippen molar-refractivity contribution in [3.05, 3.63) is 40.7 Å². The normalized spacial score (nSPS) is 10.6. The molecule has 1 aromatic heterocycles. The lowest BCUT2D eigenvalue weighted by molar-refractivity contribution is 0.0947. The third kappa shape index (κ3) is 2.99. The summed E-state index contributed by atoms with van der Waals surface area (Å²) in [6.45, 7) is 3.97. The predicted molar refractivity (Wildman–Crippen MR) is 78.3 cm³/mol. The van der Waals surface area contributed by atoms with E-state index >= 15 is 0 Å². The van der Waals surface area contributed by atoms with Gasteiger partial charge in [-0.05, 0) is 25.0 Å². The zero-order valence-corrected chi connectivity index (χ0v) is 12.3. The van der Waals surface area contributed by atoms with Crippen LogP contribution in [0.3, 0.4) is 0 Å². The molecule has 1 heterocycles. The maximum absolute atomic E-state index is 12.1. The summed E-state index contributed by atoms with van der Waals surface area (Å²) in [5.41, 5.74) is 2.43. The lowest BCUT2D eigenvalue weighted by atomic mass is 10.1. The molecule has 2 aromatic rings. The standard InChI is InChI=1S/C15H19N3O3/c1-4-12-10(8-18(3)17-12)7-16-15(21)11-6-5-9(2)13(19)14(11)20/h5-6,8,19-20H,4,7H2,1-3H3,(H,16,21). The molecule has 0 fully saturated rings. The van der Waals surface area contributed by atoms with Crippen LogP contribution in [0.1, 0.15) is 34.1 Å². The SMILES string of the molecule is CCc1nn(C)cc1CNC(=O)c1ccc(C)c(O)c1O. The summed E-state index contributed by atoms with van der Waals surface area (Å²) in [6, 6.07) is 3.08. The first kappa shape index (κ1) is 14.9. The lowest BCUT2D eigenvalue weighted by Gasteiger charge is -2.09. The van der Waals surface area contributed by atoms with Gasteiger partial charge in [-0.25, -0.2) is 0 Å². The Kier molecular flexibility index (Phi) is 4.16. The highest BCUT2D eigenvalue weighted by Crippen LogP contribution is 2.31. The van der Waals surface area contributed by atoms with Gasteiger partial charge in [0.1, 0.15) is 0 Å². The molecule has 6 heteroatoms. The second-order valence-corrected chi connectivity index (χ2v) is 4.94. The zero-order chi connectivity index (χ0) is 15.6. The fraction of sp³-hybridized carbons (Fsp3) is 0.333. The molecule has 0 radical (unpaired) electrons. The highest BCUT2D eigenvalue weighted by atomic mass is 16.3. The summed E-state index contributed by atoms with van der Waals surface area (Å²) in [6.07, 6.45) is 2.63. The Labute approximate surface area is 123 Å². The minimum absolute atomic E-state index is 0.0556. The van der Waals surface area contributed by atoms with Gasteiger partial charge >= 0.3 is 0 Å². The quantitative estimate of drug-likeness (QED) is 0.747. The highest BCUT2D eigenvalue weighted by Gasteiger charge is 2.16. The van der Waals surface area contributed by atoms with Gasteiger partial charge in [-0.3, -0.25) is 9.48 Å². The van der Waals surface area contributed by atoms with E-state index in [4.69, 9.17) is 0 Å². The number of aromatic hydroxyl groups is 2. The largest absolute Gasteiger partial charge is 0.504 e. The van der Waals surface area contributed by atoms with Gasteiger partial charge < -0.3 is 15.5 Å². The summed E-state index contributed by atoms with van der Waals surface area (Å²) in [5.74, 6) is -1.10. The monoisotopic (exact) mass is 289 g/mol. The van der Waals surface area contributed by atoms with E-state index in [1.807, 2.05) is 20.2 Å². The Balaban J connectivity index is 2.14. The van der Waals surface area contributed by atoms with Crippen molar-refractivity contribution in [1.82, 2.24) is 15.1 Å². The van der Waals surface area contributed by atoms with Crippen LogP contribution in [-0.4, -0.2) is 25.9 Å². The van der Waals surface area contributed by atoms with Gasteiger partial charge in [0.15, 0.2) is 11.5 Å². The van der Waals surface area contributed by atoms with Gasteiger partial charge in [0.05, 0.1) is 11.3 Å². The molecule has 0 bridgehead atoms. The molecule has 0 aliphatic carbocycles. The van der Waals surface area contributed by atoms with Crippen LogP contribution in [0.2, 0.25) is 0 Å². The molecule has 3 N–H and O–H groups in total. The number of benzene rings is 1. The Morgan fingerprint density at radius 3 is 2.71 bits per heavy atom. The summed E-state index contributed by atoms with van der Waals surface area (Å²) in [5, 5.41) is 26.5. The fourth-order valence-electron chi connectivity index (χ4n) is 2.16. The smallest absolute Gasteiger partial charge is 0.255 e. The molecule has 0 saturated carbocycles. The Hall–Kier alpha value is -2.50. The number of hydrogen-bond acceptors (Lipinski definition) is 4. The predicted octanol–water partition coefficient (Wildman–Crippen LogP) is 1.63. The molecule has 1 amide bonds. The highest BCUT2D eigenvalue weighted by molar-refractivity contribution is 5.97. The first-order valence-electron chi connectivity index (χ1n) is 6.75. The average Bonchev–Trinajstić information content (AvgIpc) is 2.82. The summed E-state index contributed by atoms with van der Waals surface area (Å²) >= 11 is 0. The summed E-state index contributed by atoms with van der Waals surface area (Å²) in [7, 11) is 1.83. The van der Waals surface area contributed by atoms with Crippen molar-refractivity contribution < 1.29 is 15.0 Å². The van der Waals surface area contributed by atoms with E-state index in [9.17, 15) is 15.0 Å². The third-order valence-corrected chi connectivity index (χ3v) is 3.36. The van der Waals surface area contributed by atoms with Gasteiger partial charge in [0.2, 0.25) is 0 Å². The van der Waals surface area contributed by atoms with Crippen molar-refractivity contribution in [1.29, 1.82) is 0 Å². The number of phenols is 2. The van der Waals surface area contributed by atoms with Crippen molar-refractivity contribution in [2.75, 3.05) is 0 Å². The van der Waals surface area contributed by atoms with Gasteiger partial charge in [-0.1, -0.05) is 13.0 Å². The number of amides is 1. The van der Waals surface area contributed by atoms with Gasteiger partial charge in [0.25, 0.3) is 5.91 Å². The van der Waals surface area contributed by atoms with Crippen LogP contribution in [0.15, 0.2) is 18.3 Å². The maximum atomic E-state index is 12.1. The average molecular weight is 289 g/mol. The molecule has 0 aliphatic heterocycles. The van der Waals surface area contributed by atoms with E-state index in [1.165, 1.54) is 6.07 Å².